The summed E-state index contributed by atoms with van der Waals surface area (Å²) in [4.78, 5) is 13.6. The summed E-state index contributed by atoms with van der Waals surface area (Å²) >= 11 is 0. The Morgan fingerprint density at radius 1 is 1.75 bits per heavy atom. The Morgan fingerprint density at radius 3 is 2.83 bits per heavy atom. The van der Waals surface area contributed by atoms with Crippen molar-refractivity contribution >= 4 is 5.91 Å². The first-order chi connectivity index (χ1) is 5.70. The maximum Gasteiger partial charge on any atom is 0.240 e. The predicted octanol–water partition coefficient (Wildman–Crippen LogP) is 0.605. The average Bonchev–Trinajstić information content (AvgIpc) is 2.45. The van der Waals surface area contributed by atoms with Crippen LogP contribution in [-0.2, 0) is 4.79 Å². The summed E-state index contributed by atoms with van der Waals surface area (Å²) in [6.07, 6.45) is 2.00. The van der Waals surface area contributed by atoms with Gasteiger partial charge in [-0.15, -0.1) is 0 Å². The van der Waals surface area contributed by atoms with E-state index < -0.39 is 0 Å². The van der Waals surface area contributed by atoms with Crippen molar-refractivity contribution in [3.8, 4) is 0 Å². The van der Waals surface area contributed by atoms with E-state index >= 15 is 0 Å². The van der Waals surface area contributed by atoms with Gasteiger partial charge in [0.2, 0.25) is 5.91 Å². The molecule has 1 rings (SSSR count). The summed E-state index contributed by atoms with van der Waals surface area (Å²) in [7, 11) is 1.85. The number of nitrogens with zero attached hydrogens (tertiary/aromatic N) is 1. The second-order valence-electron chi connectivity index (χ2n) is 3.42. The highest BCUT2D eigenvalue weighted by atomic mass is 16.2. The summed E-state index contributed by atoms with van der Waals surface area (Å²) in [6.45, 7) is 5.14. The number of hydrogen-bond acceptors (Lipinski definition) is 2. The van der Waals surface area contributed by atoms with Crippen LogP contribution in [0.1, 0.15) is 26.7 Å². The van der Waals surface area contributed by atoms with Gasteiger partial charge in [-0.05, 0) is 26.8 Å². The minimum Gasteiger partial charge on any atom is -0.339 e. The number of amides is 1. The highest BCUT2D eigenvalue weighted by Crippen LogP contribution is 2.15. The Bertz CT molecular complexity index is 170. The van der Waals surface area contributed by atoms with E-state index in [1.54, 1.807) is 0 Å². The van der Waals surface area contributed by atoms with Gasteiger partial charge in [0, 0.05) is 12.6 Å². The van der Waals surface area contributed by atoms with Crippen molar-refractivity contribution in [3.63, 3.8) is 0 Å². The van der Waals surface area contributed by atoms with Crippen LogP contribution in [0.2, 0.25) is 0 Å². The van der Waals surface area contributed by atoms with Crippen molar-refractivity contribution in [2.75, 3.05) is 13.6 Å². The minimum absolute atomic E-state index is 0.0685. The second-order valence-corrected chi connectivity index (χ2v) is 3.42. The average molecular weight is 170 g/mol. The first-order valence-corrected chi connectivity index (χ1v) is 4.68. The van der Waals surface area contributed by atoms with E-state index in [1.807, 2.05) is 11.9 Å². The Morgan fingerprint density at radius 2 is 2.42 bits per heavy atom. The van der Waals surface area contributed by atoms with Gasteiger partial charge >= 0.3 is 0 Å². The molecule has 0 radical (unpaired) electrons. The first kappa shape index (κ1) is 9.52. The summed E-state index contributed by atoms with van der Waals surface area (Å²) in [5.41, 5.74) is 0. The lowest BCUT2D eigenvalue weighted by molar-refractivity contribution is -0.131. The maximum absolute atomic E-state index is 11.6. The van der Waals surface area contributed by atoms with Crippen molar-refractivity contribution < 1.29 is 4.79 Å². The molecule has 3 nitrogen and oxygen atoms in total. The molecule has 12 heavy (non-hydrogen) atoms. The van der Waals surface area contributed by atoms with Gasteiger partial charge in [0.15, 0.2) is 0 Å². The molecule has 0 spiro atoms. The van der Waals surface area contributed by atoms with Gasteiger partial charge in [-0.3, -0.25) is 4.79 Å². The zero-order chi connectivity index (χ0) is 9.14. The molecule has 0 aliphatic carbocycles. The van der Waals surface area contributed by atoms with Gasteiger partial charge in [0.25, 0.3) is 0 Å². The van der Waals surface area contributed by atoms with Crippen LogP contribution in [0.5, 0.6) is 0 Å². The van der Waals surface area contributed by atoms with Gasteiger partial charge in [0.05, 0.1) is 6.04 Å². The number of hydrogen-bond donors (Lipinski definition) is 1. The molecule has 1 aliphatic heterocycles. The molecule has 0 bridgehead atoms. The predicted molar refractivity (Wildman–Crippen MR) is 48.9 cm³/mol. The molecule has 1 heterocycles. The summed E-state index contributed by atoms with van der Waals surface area (Å²) in [6, 6.07) is 0.467. The molecule has 70 valence electrons. The molecule has 0 aromatic rings. The Labute approximate surface area is 74.1 Å². The lowest BCUT2D eigenvalue weighted by atomic mass is 10.2. The number of likely N-dealkylation sites (N-methyl/N-ethyl adjacent to an activating group) is 1. The highest BCUT2D eigenvalue weighted by Gasteiger charge is 2.32. The molecule has 3 heteroatoms. The number of carbonyl (C=O) groups is 1. The van der Waals surface area contributed by atoms with Crippen LogP contribution in [0, 0.1) is 0 Å². The number of rotatable bonds is 3. The topological polar surface area (TPSA) is 32.3 Å². The smallest absolute Gasteiger partial charge is 0.240 e. The fraction of sp³-hybridized carbons (Fsp3) is 0.889. The van der Waals surface area contributed by atoms with Gasteiger partial charge in [0.1, 0.15) is 0 Å². The quantitative estimate of drug-likeness (QED) is 0.673. The van der Waals surface area contributed by atoms with Gasteiger partial charge < -0.3 is 10.2 Å². The van der Waals surface area contributed by atoms with Crippen LogP contribution >= 0.6 is 0 Å². The minimum atomic E-state index is 0.0685. The lowest BCUT2D eigenvalue weighted by Gasteiger charge is -2.23. The second kappa shape index (κ2) is 3.90. The summed E-state index contributed by atoms with van der Waals surface area (Å²) < 4.78 is 0. The van der Waals surface area contributed by atoms with Crippen molar-refractivity contribution in [1.29, 1.82) is 0 Å². The maximum atomic E-state index is 11.6. The van der Waals surface area contributed by atoms with Crippen LogP contribution in [0.3, 0.4) is 0 Å². The third-order valence-electron chi connectivity index (χ3n) is 2.71. The molecule has 1 N–H and O–H groups in total. The molecule has 2 atom stereocenters. The first-order valence-electron chi connectivity index (χ1n) is 4.68. The third kappa shape index (κ3) is 1.61. The van der Waals surface area contributed by atoms with Gasteiger partial charge in [-0.1, -0.05) is 6.92 Å². The molecule has 1 amide bonds. The van der Waals surface area contributed by atoms with Crippen LogP contribution < -0.4 is 5.32 Å². The molecule has 0 aromatic carbocycles. The van der Waals surface area contributed by atoms with Gasteiger partial charge in [-0.2, -0.15) is 0 Å². The zero-order valence-corrected chi connectivity index (χ0v) is 8.13. The van der Waals surface area contributed by atoms with Crippen molar-refractivity contribution in [2.45, 2.75) is 38.8 Å². The highest BCUT2D eigenvalue weighted by molar-refractivity contribution is 5.84. The fourth-order valence-electron chi connectivity index (χ4n) is 1.63. The van der Waals surface area contributed by atoms with Crippen LogP contribution in [0.4, 0.5) is 0 Å². The summed E-state index contributed by atoms with van der Waals surface area (Å²) in [5.74, 6) is 0.270. The lowest BCUT2D eigenvalue weighted by Crippen LogP contribution is -2.40. The van der Waals surface area contributed by atoms with Crippen molar-refractivity contribution in [1.82, 2.24) is 10.2 Å². The van der Waals surface area contributed by atoms with E-state index in [0.717, 1.165) is 19.4 Å². The largest absolute Gasteiger partial charge is 0.339 e. The van der Waals surface area contributed by atoms with E-state index in [4.69, 9.17) is 0 Å². The van der Waals surface area contributed by atoms with Crippen LogP contribution in [0.15, 0.2) is 0 Å². The molecule has 1 fully saturated rings. The Hall–Kier alpha value is -0.570. The van der Waals surface area contributed by atoms with E-state index in [1.165, 1.54) is 0 Å². The summed E-state index contributed by atoms with van der Waals surface area (Å²) in [5, 5.41) is 3.03. The van der Waals surface area contributed by atoms with Crippen molar-refractivity contribution in [2.24, 2.45) is 0 Å². The standard InChI is InChI=1S/C9H18N2O/c1-4-7(2)11-6-5-8(10-3)9(11)12/h7-8,10H,4-6H2,1-3H3. The van der Waals surface area contributed by atoms with Crippen LogP contribution in [0.25, 0.3) is 0 Å². The molecule has 0 aromatic heterocycles. The normalized spacial score (nSPS) is 26.4. The fourth-order valence-corrected chi connectivity index (χ4v) is 1.63. The molecular weight excluding hydrogens is 152 g/mol. The molecule has 0 saturated carbocycles. The van der Waals surface area contributed by atoms with E-state index in [0.29, 0.717) is 6.04 Å². The zero-order valence-electron chi connectivity index (χ0n) is 8.13. The van der Waals surface area contributed by atoms with E-state index in [9.17, 15) is 4.79 Å². The Kier molecular flexibility index (Phi) is 3.09. The van der Waals surface area contributed by atoms with Gasteiger partial charge in [-0.25, -0.2) is 0 Å². The number of nitrogens with one attached hydrogen (secondary N) is 1. The number of carbonyl (C=O) groups excluding carboxylic acids is 1. The third-order valence-corrected chi connectivity index (χ3v) is 2.71. The van der Waals surface area contributed by atoms with Crippen LogP contribution in [-0.4, -0.2) is 36.5 Å². The Balaban J connectivity index is 2.54. The molecule has 1 aliphatic rings. The molecule has 2 unspecified atom stereocenters. The SMILES string of the molecule is CCC(C)N1CCC(NC)C1=O. The van der Waals surface area contributed by atoms with Crippen molar-refractivity contribution in [3.05, 3.63) is 0 Å². The van der Waals surface area contributed by atoms with E-state index in [-0.39, 0.29) is 11.9 Å². The number of likely N-dealkylation sites (tertiary alicyclic amines) is 1. The molecule has 1 saturated heterocycles. The monoisotopic (exact) mass is 170 g/mol. The van der Waals surface area contributed by atoms with E-state index in [2.05, 4.69) is 19.2 Å². The molecular formula is C9H18N2O.